The van der Waals surface area contributed by atoms with Gasteiger partial charge in [0.1, 0.15) is 0 Å². The molecule has 2 N–H and O–H groups in total. The molecule has 2 aromatic rings. The molecule has 0 unspecified atom stereocenters. The Morgan fingerprint density at radius 2 is 1.76 bits per heavy atom. The van der Waals surface area contributed by atoms with Gasteiger partial charge >= 0.3 is 30.3 Å². The topological polar surface area (TPSA) is 63.2 Å². The largest absolute Gasteiger partial charge is 0.450 e. The number of rotatable bonds is 8. The Morgan fingerprint density at radius 3 is 2.31 bits per heavy atom. The number of alkyl carbamates (subject to hydrolysis) is 1. The van der Waals surface area contributed by atoms with Crippen LogP contribution in [0.25, 0.3) is 10.2 Å². The summed E-state index contributed by atoms with van der Waals surface area (Å²) in [6.45, 7) is 0.891. The second kappa shape index (κ2) is 8.16. The smallest absolute Gasteiger partial charge is 0.408 e. The summed E-state index contributed by atoms with van der Waals surface area (Å²) in [5, 5.41) is 2.50. The maximum Gasteiger partial charge on any atom is 0.408 e. The quantitative estimate of drug-likeness (QED) is 0.441. The van der Waals surface area contributed by atoms with E-state index in [-0.39, 0.29) is 12.1 Å². The lowest BCUT2D eigenvalue weighted by atomic mass is 10.0. The highest BCUT2D eigenvalue weighted by Crippen LogP contribution is 2.50. The fraction of sp³-hybridized carbons (Fsp3) is 0.467. The van der Waals surface area contributed by atoms with Crippen LogP contribution in [0.4, 0.5) is 45.0 Å². The summed E-state index contributed by atoms with van der Waals surface area (Å²) in [6, 6.07) is 6.04. The number of carbonyl (C=O) groups is 1. The zero-order chi connectivity index (χ0) is 22.0. The number of benzene rings is 1. The molecular formula is C15H13F8N3O2S. The fourth-order valence-electron chi connectivity index (χ4n) is 2.11. The zero-order valence-electron chi connectivity index (χ0n) is 14.4. The molecule has 1 atom stereocenters. The van der Waals surface area contributed by atoms with E-state index in [9.17, 15) is 39.9 Å². The molecule has 0 fully saturated rings. The lowest BCUT2D eigenvalue weighted by Gasteiger charge is -2.36. The Hall–Kier alpha value is -2.38. The number of para-hydroxylation sites is 1. The van der Waals surface area contributed by atoms with Crippen molar-refractivity contribution in [1.29, 1.82) is 0 Å². The van der Waals surface area contributed by atoms with E-state index in [1.54, 1.807) is 11.4 Å². The number of nitrogens with one attached hydrogen (secondary N) is 2. The molecule has 1 aromatic carbocycles. The number of aromatic nitrogens is 1. The van der Waals surface area contributed by atoms with Gasteiger partial charge in [0.2, 0.25) is 0 Å². The third-order valence-electron chi connectivity index (χ3n) is 3.57. The van der Waals surface area contributed by atoms with Crippen LogP contribution in [0.5, 0.6) is 0 Å². The van der Waals surface area contributed by atoms with Crippen molar-refractivity contribution in [3.63, 3.8) is 0 Å². The van der Waals surface area contributed by atoms with Gasteiger partial charge in [-0.2, -0.15) is 26.3 Å². The van der Waals surface area contributed by atoms with Crippen LogP contribution in [-0.4, -0.2) is 48.0 Å². The molecule has 29 heavy (non-hydrogen) atoms. The zero-order valence-corrected chi connectivity index (χ0v) is 15.2. The van der Waals surface area contributed by atoms with E-state index in [1.807, 2.05) is 0 Å². The molecule has 162 valence electrons. The third kappa shape index (κ3) is 4.31. The molecule has 5 nitrogen and oxygen atoms in total. The van der Waals surface area contributed by atoms with Crippen LogP contribution in [-0.2, 0) is 4.74 Å². The molecule has 14 heteroatoms. The van der Waals surface area contributed by atoms with Gasteiger partial charge in [-0.1, -0.05) is 23.5 Å². The van der Waals surface area contributed by atoms with Crippen molar-refractivity contribution in [2.45, 2.75) is 37.3 Å². The van der Waals surface area contributed by atoms with Gasteiger partial charge in [-0.3, -0.25) is 5.32 Å². The first-order valence-electron chi connectivity index (χ1n) is 7.81. The number of nitrogens with zero attached hydrogens (tertiary/aromatic N) is 1. The molecular weight excluding hydrogens is 438 g/mol. The first-order chi connectivity index (χ1) is 13.3. The van der Waals surface area contributed by atoms with Crippen LogP contribution in [0.15, 0.2) is 24.3 Å². The van der Waals surface area contributed by atoms with Crippen LogP contribution >= 0.6 is 11.3 Å². The van der Waals surface area contributed by atoms with E-state index >= 15 is 0 Å². The summed E-state index contributed by atoms with van der Waals surface area (Å²) in [5.41, 5.74) is 0.253. The fourth-order valence-corrected chi connectivity index (χ4v) is 3.00. The van der Waals surface area contributed by atoms with Crippen molar-refractivity contribution in [2.75, 3.05) is 11.9 Å². The highest BCUT2D eigenvalue weighted by Gasteiger charge is 2.78. The Labute approximate surface area is 162 Å². The number of hydrogen-bond acceptors (Lipinski definition) is 5. The van der Waals surface area contributed by atoms with Gasteiger partial charge < -0.3 is 10.1 Å². The van der Waals surface area contributed by atoms with Gasteiger partial charge in [-0.25, -0.2) is 18.6 Å². The van der Waals surface area contributed by atoms with E-state index in [1.165, 1.54) is 30.4 Å². The predicted molar refractivity (Wildman–Crippen MR) is 88.0 cm³/mol. The molecule has 0 aliphatic carbocycles. The molecule has 1 aromatic heterocycles. The minimum Gasteiger partial charge on any atom is -0.450 e. The highest BCUT2D eigenvalue weighted by molar-refractivity contribution is 7.22. The highest BCUT2D eigenvalue weighted by atomic mass is 32.1. The summed E-state index contributed by atoms with van der Waals surface area (Å²) in [6.07, 6.45) is -10.0. The predicted octanol–water partition coefficient (Wildman–Crippen LogP) is 4.95. The van der Waals surface area contributed by atoms with Gasteiger partial charge in [0.05, 0.1) is 16.8 Å². The van der Waals surface area contributed by atoms with Gasteiger partial charge in [-0.05, 0) is 19.1 Å². The standard InChI is InChI=1S/C15H13F8N3O2S/c1-2-28-12(27)26-10(14(20,21)15(22,23)13(18,19)9(16)17)25-11-24-7-5-3-4-6-8(7)29-11/h3-6,9-10H,2H2,1H3,(H,24,25)(H,26,27)/t10-/m0/s1. The van der Waals surface area contributed by atoms with Crippen molar-refractivity contribution in [2.24, 2.45) is 0 Å². The molecule has 1 heterocycles. The van der Waals surface area contributed by atoms with Crippen LogP contribution in [0.3, 0.4) is 0 Å². The average Bonchev–Trinajstić information content (AvgIpc) is 3.03. The Bertz CT molecular complexity index is 828. The van der Waals surface area contributed by atoms with Gasteiger partial charge in [0.25, 0.3) is 0 Å². The molecule has 0 aliphatic rings. The summed E-state index contributed by atoms with van der Waals surface area (Å²) in [4.78, 5) is 15.3. The van der Waals surface area contributed by atoms with E-state index in [0.717, 1.165) is 0 Å². The van der Waals surface area contributed by atoms with Crippen molar-refractivity contribution in [1.82, 2.24) is 10.3 Å². The number of anilines is 1. The van der Waals surface area contributed by atoms with E-state index in [4.69, 9.17) is 0 Å². The van der Waals surface area contributed by atoms with Crippen LogP contribution in [0.1, 0.15) is 6.92 Å². The first kappa shape index (κ1) is 22.9. The molecule has 0 saturated carbocycles. The minimum atomic E-state index is -6.54. The maximum absolute atomic E-state index is 14.3. The normalized spacial score (nSPS) is 14.1. The van der Waals surface area contributed by atoms with Gasteiger partial charge in [0.15, 0.2) is 11.3 Å². The van der Waals surface area contributed by atoms with E-state index < -0.39 is 41.6 Å². The molecule has 0 spiro atoms. The number of thiazole rings is 1. The summed E-state index contributed by atoms with van der Waals surface area (Å²) >= 11 is 0.678. The monoisotopic (exact) mass is 451 g/mol. The second-order valence-electron chi connectivity index (χ2n) is 5.55. The van der Waals surface area contributed by atoms with Gasteiger partial charge in [0, 0.05) is 0 Å². The minimum absolute atomic E-state index is 0.253. The molecule has 0 saturated heterocycles. The summed E-state index contributed by atoms with van der Waals surface area (Å²) in [7, 11) is 0. The number of carbonyl (C=O) groups excluding carboxylic acids is 1. The number of amides is 1. The Balaban J connectivity index is 2.43. The van der Waals surface area contributed by atoms with Gasteiger partial charge in [-0.15, -0.1) is 0 Å². The first-order valence-corrected chi connectivity index (χ1v) is 8.63. The van der Waals surface area contributed by atoms with Crippen LogP contribution < -0.4 is 10.6 Å². The van der Waals surface area contributed by atoms with E-state index in [2.05, 4.69) is 9.72 Å². The average molecular weight is 451 g/mol. The maximum atomic E-state index is 14.3. The SMILES string of the molecule is CCOC(=O)N[C@H](Nc1nc2ccccc2s1)C(F)(F)C(F)(F)C(F)(F)C(F)F. The lowest BCUT2D eigenvalue weighted by molar-refractivity contribution is -0.342. The number of halogens is 8. The van der Waals surface area contributed by atoms with Crippen molar-refractivity contribution < 1.29 is 44.7 Å². The summed E-state index contributed by atoms with van der Waals surface area (Å²) in [5.74, 6) is -18.8. The molecule has 1 amide bonds. The van der Waals surface area contributed by atoms with Crippen molar-refractivity contribution in [3.05, 3.63) is 24.3 Å². The second-order valence-corrected chi connectivity index (χ2v) is 6.58. The van der Waals surface area contributed by atoms with E-state index in [0.29, 0.717) is 16.0 Å². The lowest BCUT2D eigenvalue weighted by Crippen LogP contribution is -2.67. The number of ether oxygens (including phenoxy) is 1. The third-order valence-corrected chi connectivity index (χ3v) is 4.54. The number of fused-ring (bicyclic) bond motifs is 1. The molecule has 2 rings (SSSR count). The Kier molecular flexibility index (Phi) is 6.45. The van der Waals surface area contributed by atoms with Crippen LogP contribution in [0, 0.1) is 0 Å². The summed E-state index contributed by atoms with van der Waals surface area (Å²) < 4.78 is 112. The molecule has 0 radical (unpaired) electrons. The number of hydrogen-bond donors (Lipinski definition) is 2. The molecule has 0 aliphatic heterocycles. The van der Waals surface area contributed by atoms with Crippen molar-refractivity contribution in [3.8, 4) is 0 Å². The van der Waals surface area contributed by atoms with Crippen molar-refractivity contribution >= 4 is 32.8 Å². The van der Waals surface area contributed by atoms with Crippen LogP contribution in [0.2, 0.25) is 0 Å². The Morgan fingerprint density at radius 1 is 1.14 bits per heavy atom. The number of alkyl halides is 8. The molecule has 0 bridgehead atoms.